The van der Waals surface area contributed by atoms with Crippen LogP contribution in [0.5, 0.6) is 0 Å². The van der Waals surface area contributed by atoms with Crippen molar-refractivity contribution < 1.29 is 8.42 Å². The van der Waals surface area contributed by atoms with Gasteiger partial charge in [0.15, 0.2) is 0 Å². The second-order valence-electron chi connectivity index (χ2n) is 4.41. The Morgan fingerprint density at radius 2 is 2.11 bits per heavy atom. The lowest BCUT2D eigenvalue weighted by atomic mass is 10.2. The summed E-state index contributed by atoms with van der Waals surface area (Å²) >= 11 is 1.70. The Labute approximate surface area is 113 Å². The van der Waals surface area contributed by atoms with E-state index in [0.29, 0.717) is 23.7 Å². The van der Waals surface area contributed by atoms with Crippen LogP contribution in [-0.2, 0) is 10.0 Å². The molecule has 4 nitrogen and oxygen atoms in total. The fourth-order valence-electron chi connectivity index (χ4n) is 1.71. The van der Waals surface area contributed by atoms with Crippen molar-refractivity contribution in [1.82, 2.24) is 4.72 Å². The van der Waals surface area contributed by atoms with Crippen molar-refractivity contribution >= 4 is 27.5 Å². The average Bonchev–Trinajstić information content (AvgIpc) is 2.26. The van der Waals surface area contributed by atoms with Crippen LogP contribution in [0.25, 0.3) is 0 Å². The van der Waals surface area contributed by atoms with E-state index in [1.54, 1.807) is 36.9 Å². The lowest BCUT2D eigenvalue weighted by Gasteiger charge is -2.14. The van der Waals surface area contributed by atoms with Crippen molar-refractivity contribution in [2.45, 2.75) is 18.7 Å². The summed E-state index contributed by atoms with van der Waals surface area (Å²) in [4.78, 5) is 0.196. The first-order chi connectivity index (χ1) is 8.38. The smallest absolute Gasteiger partial charge is 0.242 e. The largest absolute Gasteiger partial charge is 0.398 e. The van der Waals surface area contributed by atoms with E-state index < -0.39 is 10.0 Å². The fourth-order valence-corrected chi connectivity index (χ4v) is 3.92. The number of rotatable bonds is 6. The molecule has 18 heavy (non-hydrogen) atoms. The van der Waals surface area contributed by atoms with Gasteiger partial charge in [0.2, 0.25) is 10.0 Å². The molecule has 1 aromatic carbocycles. The van der Waals surface area contributed by atoms with Crippen molar-refractivity contribution in [3.8, 4) is 0 Å². The molecule has 6 heteroatoms. The number of hydrogen-bond acceptors (Lipinski definition) is 4. The Bertz CT molecular complexity index is 481. The second-order valence-corrected chi connectivity index (χ2v) is 7.02. The standard InChI is InChI=1S/C12H20N2O2S2/c1-9(8-17-3)7-14-18(15,16)12-10(2)5-4-6-11(12)13/h4-6,9,14H,7-8,13H2,1-3H3. The SMILES string of the molecule is CSCC(C)CNS(=O)(=O)c1c(C)cccc1N. The molecule has 0 saturated carbocycles. The number of sulfonamides is 1. The highest BCUT2D eigenvalue weighted by molar-refractivity contribution is 7.98. The first-order valence-corrected chi connectivity index (χ1v) is 8.60. The van der Waals surface area contributed by atoms with Crippen LogP contribution in [0.4, 0.5) is 5.69 Å². The highest BCUT2D eigenvalue weighted by atomic mass is 32.2. The van der Waals surface area contributed by atoms with Gasteiger partial charge in [-0.05, 0) is 36.5 Å². The molecule has 3 N–H and O–H groups in total. The third-order valence-corrected chi connectivity index (χ3v) is 5.13. The zero-order valence-corrected chi connectivity index (χ0v) is 12.6. The maximum Gasteiger partial charge on any atom is 0.242 e. The van der Waals surface area contributed by atoms with Crippen molar-refractivity contribution in [1.29, 1.82) is 0 Å². The molecule has 0 aliphatic carbocycles. The van der Waals surface area contributed by atoms with Crippen LogP contribution in [-0.4, -0.2) is 27.0 Å². The average molecular weight is 288 g/mol. The second kappa shape index (κ2) is 6.45. The molecule has 0 aliphatic heterocycles. The van der Waals surface area contributed by atoms with Crippen LogP contribution >= 0.6 is 11.8 Å². The van der Waals surface area contributed by atoms with E-state index in [1.807, 2.05) is 13.2 Å². The molecule has 0 aromatic heterocycles. The van der Waals surface area contributed by atoms with Crippen LogP contribution in [0.1, 0.15) is 12.5 Å². The minimum Gasteiger partial charge on any atom is -0.398 e. The van der Waals surface area contributed by atoms with Gasteiger partial charge in [0.25, 0.3) is 0 Å². The van der Waals surface area contributed by atoms with Gasteiger partial charge in [0, 0.05) is 6.54 Å². The summed E-state index contributed by atoms with van der Waals surface area (Å²) in [7, 11) is -3.52. The molecule has 0 saturated heterocycles. The fraction of sp³-hybridized carbons (Fsp3) is 0.500. The molecule has 0 aliphatic rings. The first-order valence-electron chi connectivity index (χ1n) is 5.72. The van der Waals surface area contributed by atoms with Gasteiger partial charge in [0.1, 0.15) is 4.90 Å². The maximum absolute atomic E-state index is 12.2. The summed E-state index contributed by atoms with van der Waals surface area (Å²) in [5.74, 6) is 1.21. The van der Waals surface area contributed by atoms with Gasteiger partial charge in [-0.3, -0.25) is 0 Å². The Kier molecular flexibility index (Phi) is 5.49. The number of anilines is 1. The highest BCUT2D eigenvalue weighted by Crippen LogP contribution is 2.22. The predicted molar refractivity (Wildman–Crippen MR) is 78.3 cm³/mol. The lowest BCUT2D eigenvalue weighted by Crippen LogP contribution is -2.30. The zero-order chi connectivity index (χ0) is 13.8. The number of nitrogens with one attached hydrogen (secondary N) is 1. The molecule has 102 valence electrons. The van der Waals surface area contributed by atoms with Crippen LogP contribution in [0.2, 0.25) is 0 Å². The molecule has 1 aromatic rings. The zero-order valence-electron chi connectivity index (χ0n) is 10.9. The summed E-state index contributed by atoms with van der Waals surface area (Å²) in [5, 5.41) is 0. The molecule has 0 heterocycles. The van der Waals surface area contributed by atoms with Gasteiger partial charge in [-0.2, -0.15) is 11.8 Å². The topological polar surface area (TPSA) is 72.2 Å². The lowest BCUT2D eigenvalue weighted by molar-refractivity contribution is 0.562. The van der Waals surface area contributed by atoms with Crippen LogP contribution in [0.3, 0.4) is 0 Å². The van der Waals surface area contributed by atoms with Gasteiger partial charge in [0.05, 0.1) is 5.69 Å². The normalized spacial score (nSPS) is 13.5. The molecule has 1 rings (SSSR count). The van der Waals surface area contributed by atoms with E-state index in [9.17, 15) is 8.42 Å². The van der Waals surface area contributed by atoms with Crippen LogP contribution in [0, 0.1) is 12.8 Å². The number of aryl methyl sites for hydroxylation is 1. The van der Waals surface area contributed by atoms with E-state index in [-0.39, 0.29) is 4.90 Å². The van der Waals surface area contributed by atoms with E-state index in [0.717, 1.165) is 5.75 Å². The first kappa shape index (κ1) is 15.3. The Morgan fingerprint density at radius 1 is 1.44 bits per heavy atom. The van der Waals surface area contributed by atoms with Crippen LogP contribution < -0.4 is 10.5 Å². The maximum atomic E-state index is 12.2. The third-order valence-electron chi connectivity index (χ3n) is 2.58. The Balaban J connectivity index is 2.87. The van der Waals surface area contributed by atoms with Crippen molar-refractivity contribution in [2.24, 2.45) is 5.92 Å². The third kappa shape index (κ3) is 3.90. The minimum atomic E-state index is -3.52. The summed E-state index contributed by atoms with van der Waals surface area (Å²) in [5.41, 5.74) is 6.71. The van der Waals surface area contributed by atoms with Crippen molar-refractivity contribution in [3.63, 3.8) is 0 Å². The monoisotopic (exact) mass is 288 g/mol. The number of nitrogen functional groups attached to an aromatic ring is 1. The summed E-state index contributed by atoms with van der Waals surface area (Å²) < 4.78 is 27.0. The molecular weight excluding hydrogens is 268 g/mol. The number of thioether (sulfide) groups is 1. The molecule has 0 fully saturated rings. The highest BCUT2D eigenvalue weighted by Gasteiger charge is 2.20. The van der Waals surface area contributed by atoms with E-state index in [2.05, 4.69) is 4.72 Å². The van der Waals surface area contributed by atoms with E-state index in [1.165, 1.54) is 0 Å². The van der Waals surface area contributed by atoms with Crippen LogP contribution in [0.15, 0.2) is 23.1 Å². The van der Waals surface area contributed by atoms with Crippen molar-refractivity contribution in [2.75, 3.05) is 24.3 Å². The van der Waals surface area contributed by atoms with Gasteiger partial charge >= 0.3 is 0 Å². The summed E-state index contributed by atoms with van der Waals surface area (Å²) in [6, 6.07) is 5.10. The van der Waals surface area contributed by atoms with Gasteiger partial charge in [-0.15, -0.1) is 0 Å². The minimum absolute atomic E-state index is 0.196. The van der Waals surface area contributed by atoms with E-state index >= 15 is 0 Å². The molecule has 0 amide bonds. The van der Waals surface area contributed by atoms with Gasteiger partial charge < -0.3 is 5.73 Å². The molecule has 1 atom stereocenters. The van der Waals surface area contributed by atoms with Gasteiger partial charge in [-0.25, -0.2) is 13.1 Å². The van der Waals surface area contributed by atoms with Gasteiger partial charge in [-0.1, -0.05) is 19.1 Å². The molecule has 1 unspecified atom stereocenters. The summed E-state index contributed by atoms with van der Waals surface area (Å²) in [6.07, 6.45) is 2.00. The van der Waals surface area contributed by atoms with Crippen molar-refractivity contribution in [3.05, 3.63) is 23.8 Å². The molecule has 0 spiro atoms. The molecular formula is C12H20N2O2S2. The Morgan fingerprint density at radius 3 is 2.67 bits per heavy atom. The number of nitrogens with two attached hydrogens (primary N) is 1. The summed E-state index contributed by atoms with van der Waals surface area (Å²) in [6.45, 7) is 4.19. The number of hydrogen-bond donors (Lipinski definition) is 2. The predicted octanol–water partition coefficient (Wildman–Crippen LogP) is 1.85. The molecule has 0 radical (unpaired) electrons. The number of benzene rings is 1. The Hall–Kier alpha value is -0.720. The van der Waals surface area contributed by atoms with E-state index in [4.69, 9.17) is 5.73 Å². The molecule has 0 bridgehead atoms. The quantitative estimate of drug-likeness (QED) is 0.784.